The van der Waals surface area contributed by atoms with Gasteiger partial charge in [-0.05, 0) is 94.0 Å². The number of aryl methyl sites for hydroxylation is 1. The van der Waals surface area contributed by atoms with Gasteiger partial charge in [0.2, 0.25) is 5.91 Å². The molecule has 4 atom stereocenters. The van der Waals surface area contributed by atoms with Crippen molar-refractivity contribution in [1.82, 2.24) is 4.90 Å². The molecule has 0 aromatic heterocycles. The number of amides is 1. The molecule has 2 aliphatic carbocycles. The summed E-state index contributed by atoms with van der Waals surface area (Å²) in [4.78, 5) is 14.5. The number of fused-ring (bicyclic) bond motifs is 1. The zero-order valence-corrected chi connectivity index (χ0v) is 16.8. The van der Waals surface area contributed by atoms with E-state index in [1.165, 1.54) is 36.9 Å². The van der Waals surface area contributed by atoms with E-state index >= 15 is 0 Å². The van der Waals surface area contributed by atoms with Crippen LogP contribution in [0.5, 0.6) is 0 Å². The van der Waals surface area contributed by atoms with Gasteiger partial charge in [0, 0.05) is 23.6 Å². The summed E-state index contributed by atoms with van der Waals surface area (Å²) in [5, 5.41) is 10.6. The van der Waals surface area contributed by atoms with Gasteiger partial charge in [-0.3, -0.25) is 4.79 Å². The van der Waals surface area contributed by atoms with Crippen LogP contribution in [0.4, 0.5) is 0 Å². The average molecular weight is 371 g/mol. The van der Waals surface area contributed by atoms with Crippen LogP contribution in [0.3, 0.4) is 0 Å². The van der Waals surface area contributed by atoms with E-state index in [-0.39, 0.29) is 17.4 Å². The molecule has 4 nitrogen and oxygen atoms in total. The van der Waals surface area contributed by atoms with E-state index in [0.29, 0.717) is 17.5 Å². The largest absolute Gasteiger partial charge is 0.393 e. The molecule has 4 heteroatoms. The first-order valence-corrected chi connectivity index (χ1v) is 10.7. The summed E-state index contributed by atoms with van der Waals surface area (Å²) < 4.78 is 0. The molecule has 0 spiro atoms. The third kappa shape index (κ3) is 3.31. The van der Waals surface area contributed by atoms with Crippen LogP contribution in [-0.4, -0.2) is 41.1 Å². The number of aliphatic hydroxyl groups is 1. The van der Waals surface area contributed by atoms with Crippen molar-refractivity contribution in [3.05, 3.63) is 34.9 Å². The van der Waals surface area contributed by atoms with Crippen LogP contribution < -0.4 is 5.73 Å². The molecule has 1 heterocycles. The number of hydrogen-bond donors (Lipinski definition) is 2. The minimum absolute atomic E-state index is 0.0389. The van der Waals surface area contributed by atoms with Gasteiger partial charge in [-0.1, -0.05) is 12.5 Å². The molecule has 0 bridgehead atoms. The van der Waals surface area contributed by atoms with Crippen molar-refractivity contribution in [3.63, 3.8) is 0 Å². The maximum absolute atomic E-state index is 11.8. The van der Waals surface area contributed by atoms with Gasteiger partial charge in [-0.15, -0.1) is 0 Å². The molecule has 1 amide bonds. The predicted octanol–water partition coefficient (Wildman–Crippen LogP) is 3.39. The smallest absolute Gasteiger partial charge is 0.248 e. The Labute approximate surface area is 163 Å². The third-order valence-corrected chi connectivity index (χ3v) is 7.90. The molecule has 1 saturated heterocycles. The SMILES string of the molecule is Cc1ccc(C(N)=O)cc1[C@]12CCN(CC3CCC3)[C@H](C)[C@@H]1CC[C@H](O)C2. The number of primary amides is 1. The Bertz CT molecular complexity index is 714. The Morgan fingerprint density at radius 2 is 2.07 bits per heavy atom. The Hall–Kier alpha value is -1.39. The standard InChI is InChI=1S/C23H34N2O2/c1-15-6-7-18(22(24)27)12-21(15)23-10-11-25(14-17-4-3-5-17)16(2)20(23)9-8-19(26)13-23/h6-7,12,16-17,19-20,26H,3-5,8-11,13-14H2,1-2H3,(H2,24,27)/t16-,19+,20+,23+/m1/s1. The van der Waals surface area contributed by atoms with E-state index < -0.39 is 0 Å². The van der Waals surface area contributed by atoms with Crippen LogP contribution >= 0.6 is 0 Å². The Morgan fingerprint density at radius 1 is 1.30 bits per heavy atom. The molecule has 0 unspecified atom stereocenters. The van der Waals surface area contributed by atoms with Crippen LogP contribution in [0.1, 0.15) is 73.4 Å². The fourth-order valence-corrected chi connectivity index (χ4v) is 6.13. The van der Waals surface area contributed by atoms with Crippen LogP contribution in [0.2, 0.25) is 0 Å². The van der Waals surface area contributed by atoms with E-state index in [2.05, 4.69) is 18.7 Å². The van der Waals surface area contributed by atoms with Gasteiger partial charge >= 0.3 is 0 Å². The van der Waals surface area contributed by atoms with E-state index in [0.717, 1.165) is 38.1 Å². The van der Waals surface area contributed by atoms with E-state index in [1.54, 1.807) is 0 Å². The summed E-state index contributed by atoms with van der Waals surface area (Å²) in [6.45, 7) is 6.85. The number of carbonyl (C=O) groups is 1. The number of rotatable bonds is 4. The molecule has 3 N–H and O–H groups in total. The van der Waals surface area contributed by atoms with Gasteiger partial charge < -0.3 is 15.7 Å². The molecule has 2 saturated carbocycles. The van der Waals surface area contributed by atoms with Gasteiger partial charge in [0.1, 0.15) is 0 Å². The quantitative estimate of drug-likeness (QED) is 0.854. The van der Waals surface area contributed by atoms with Crippen molar-refractivity contribution in [2.24, 2.45) is 17.6 Å². The van der Waals surface area contributed by atoms with Crippen LogP contribution in [0.25, 0.3) is 0 Å². The average Bonchev–Trinajstić information content (AvgIpc) is 2.59. The van der Waals surface area contributed by atoms with Gasteiger partial charge in [0.05, 0.1) is 6.10 Å². The van der Waals surface area contributed by atoms with Crippen LogP contribution in [0, 0.1) is 18.8 Å². The first-order chi connectivity index (χ1) is 12.9. The molecular formula is C23H34N2O2. The fraction of sp³-hybridized carbons (Fsp3) is 0.696. The van der Waals surface area contributed by atoms with Gasteiger partial charge in [0.15, 0.2) is 0 Å². The number of nitrogens with two attached hydrogens (primary N) is 1. The number of aliphatic hydroxyl groups excluding tert-OH is 1. The third-order valence-electron chi connectivity index (χ3n) is 7.90. The van der Waals surface area contributed by atoms with Crippen LogP contribution in [0.15, 0.2) is 18.2 Å². The number of hydrogen-bond acceptors (Lipinski definition) is 3. The van der Waals surface area contributed by atoms with Gasteiger partial charge in [0.25, 0.3) is 0 Å². The second-order valence-electron chi connectivity index (χ2n) is 9.37. The molecule has 3 fully saturated rings. The fourth-order valence-electron chi connectivity index (χ4n) is 6.13. The Morgan fingerprint density at radius 3 is 2.74 bits per heavy atom. The molecule has 1 aliphatic heterocycles. The molecule has 0 radical (unpaired) electrons. The summed E-state index contributed by atoms with van der Waals surface area (Å²) in [5.41, 5.74) is 8.61. The van der Waals surface area contributed by atoms with Crippen molar-refractivity contribution in [1.29, 1.82) is 0 Å². The number of benzene rings is 1. The molecule has 148 valence electrons. The number of likely N-dealkylation sites (tertiary alicyclic amines) is 1. The normalized spacial score (nSPS) is 34.7. The maximum atomic E-state index is 11.8. The lowest BCUT2D eigenvalue weighted by Crippen LogP contribution is -2.59. The predicted molar refractivity (Wildman–Crippen MR) is 108 cm³/mol. The minimum atomic E-state index is -0.365. The lowest BCUT2D eigenvalue weighted by atomic mass is 9.55. The van der Waals surface area contributed by atoms with E-state index in [4.69, 9.17) is 5.73 Å². The summed E-state index contributed by atoms with van der Waals surface area (Å²) in [7, 11) is 0. The van der Waals surface area contributed by atoms with Crippen molar-refractivity contribution in [2.75, 3.05) is 13.1 Å². The molecule has 1 aromatic carbocycles. The highest BCUT2D eigenvalue weighted by molar-refractivity contribution is 5.93. The summed E-state index contributed by atoms with van der Waals surface area (Å²) in [6.07, 6.45) is 7.74. The van der Waals surface area contributed by atoms with Crippen molar-refractivity contribution >= 4 is 5.91 Å². The number of piperidine rings is 1. The molecule has 1 aromatic rings. The van der Waals surface area contributed by atoms with E-state index in [1.807, 2.05) is 18.2 Å². The van der Waals surface area contributed by atoms with Crippen molar-refractivity contribution in [2.45, 2.75) is 76.4 Å². The summed E-state index contributed by atoms with van der Waals surface area (Å²) in [6, 6.07) is 6.41. The lowest BCUT2D eigenvalue weighted by molar-refractivity contribution is -0.0420. The van der Waals surface area contributed by atoms with Gasteiger partial charge in [-0.2, -0.15) is 0 Å². The molecule has 3 aliphatic rings. The van der Waals surface area contributed by atoms with Crippen molar-refractivity contribution in [3.8, 4) is 0 Å². The topological polar surface area (TPSA) is 66.6 Å². The highest BCUT2D eigenvalue weighted by Crippen LogP contribution is 2.52. The minimum Gasteiger partial charge on any atom is -0.393 e. The maximum Gasteiger partial charge on any atom is 0.248 e. The zero-order valence-electron chi connectivity index (χ0n) is 16.8. The van der Waals surface area contributed by atoms with E-state index in [9.17, 15) is 9.90 Å². The Kier molecular flexibility index (Phi) is 5.06. The lowest BCUT2D eigenvalue weighted by Gasteiger charge is -2.56. The first kappa shape index (κ1) is 18.9. The summed E-state index contributed by atoms with van der Waals surface area (Å²) in [5.74, 6) is 1.04. The second-order valence-corrected chi connectivity index (χ2v) is 9.37. The zero-order chi connectivity index (χ0) is 19.2. The monoisotopic (exact) mass is 370 g/mol. The first-order valence-electron chi connectivity index (χ1n) is 10.7. The van der Waals surface area contributed by atoms with Crippen molar-refractivity contribution < 1.29 is 9.90 Å². The summed E-state index contributed by atoms with van der Waals surface area (Å²) >= 11 is 0. The second kappa shape index (κ2) is 7.21. The van der Waals surface area contributed by atoms with Gasteiger partial charge in [-0.25, -0.2) is 0 Å². The number of nitrogens with zero attached hydrogens (tertiary/aromatic N) is 1. The highest BCUT2D eigenvalue weighted by atomic mass is 16.3. The molecule has 4 rings (SSSR count). The number of carbonyl (C=O) groups excluding carboxylic acids is 1. The Balaban J connectivity index is 1.69. The molecule has 27 heavy (non-hydrogen) atoms. The molecular weight excluding hydrogens is 336 g/mol. The van der Waals surface area contributed by atoms with Crippen LogP contribution in [-0.2, 0) is 5.41 Å². The highest BCUT2D eigenvalue weighted by Gasteiger charge is 2.51.